The predicted octanol–water partition coefficient (Wildman–Crippen LogP) is 4.12. The molecule has 0 unspecified atom stereocenters. The topological polar surface area (TPSA) is 74.4 Å². The minimum absolute atomic E-state index is 0.103. The van der Waals surface area contributed by atoms with E-state index in [1.165, 1.54) is 16.7 Å². The maximum absolute atomic E-state index is 12.9. The van der Waals surface area contributed by atoms with Crippen LogP contribution < -0.4 is 20.1 Å². The molecule has 0 radical (unpaired) electrons. The Morgan fingerprint density at radius 2 is 1.86 bits per heavy atom. The molecule has 1 aromatic carbocycles. The van der Waals surface area contributed by atoms with E-state index in [2.05, 4.69) is 25.6 Å². The second kappa shape index (κ2) is 8.48. The van der Waals surface area contributed by atoms with Gasteiger partial charge in [0.05, 0.1) is 11.2 Å². The Morgan fingerprint density at radius 3 is 2.54 bits per heavy atom. The first-order chi connectivity index (χ1) is 16.7. The fourth-order valence-electron chi connectivity index (χ4n) is 5.45. The lowest BCUT2D eigenvalue weighted by molar-refractivity contribution is -0.274. The van der Waals surface area contributed by atoms with E-state index < -0.39 is 6.36 Å². The number of aromatic nitrogens is 2. The number of piperidine rings is 1. The molecular formula is C25H24F3N5O2. The normalized spacial score (nSPS) is 20.1. The van der Waals surface area contributed by atoms with Crippen LogP contribution in [0.15, 0.2) is 41.2 Å². The SMILES string of the molecule is Cc1ccc2c(n1)c(N1CC[C@H]3[C@H](CCN3c3ccc(OC(F)(F)F)cc3)C1)c(C#N)c(=O)n2C. The van der Waals surface area contributed by atoms with E-state index in [1.807, 2.05) is 19.1 Å². The fourth-order valence-corrected chi connectivity index (χ4v) is 5.45. The van der Waals surface area contributed by atoms with E-state index >= 15 is 0 Å². The van der Waals surface area contributed by atoms with Crippen molar-refractivity contribution in [3.63, 3.8) is 0 Å². The maximum atomic E-state index is 12.9. The first kappa shape index (κ1) is 23.0. The third-order valence-electron chi connectivity index (χ3n) is 7.02. The smallest absolute Gasteiger partial charge is 0.406 e. The van der Waals surface area contributed by atoms with E-state index in [0.29, 0.717) is 29.8 Å². The lowest BCUT2D eigenvalue weighted by atomic mass is 9.91. The molecule has 0 saturated carbocycles. The van der Waals surface area contributed by atoms with E-state index in [4.69, 9.17) is 0 Å². The zero-order valence-electron chi connectivity index (χ0n) is 19.3. The minimum atomic E-state index is -4.72. The summed E-state index contributed by atoms with van der Waals surface area (Å²) >= 11 is 0. The van der Waals surface area contributed by atoms with Gasteiger partial charge in [0.25, 0.3) is 5.56 Å². The Kier molecular flexibility index (Phi) is 5.58. The molecule has 4 heterocycles. The summed E-state index contributed by atoms with van der Waals surface area (Å²) in [7, 11) is 1.65. The van der Waals surface area contributed by atoms with Crippen LogP contribution >= 0.6 is 0 Å². The predicted molar refractivity (Wildman–Crippen MR) is 126 cm³/mol. The third-order valence-corrected chi connectivity index (χ3v) is 7.02. The van der Waals surface area contributed by atoms with Gasteiger partial charge in [0.2, 0.25) is 0 Å². The summed E-state index contributed by atoms with van der Waals surface area (Å²) in [6, 6.07) is 12.0. The Balaban J connectivity index is 1.42. The molecule has 10 heteroatoms. The molecule has 5 rings (SSSR count). The molecule has 2 aliphatic rings. The Morgan fingerprint density at radius 1 is 1.11 bits per heavy atom. The highest BCUT2D eigenvalue weighted by Gasteiger charge is 2.40. The second-order valence-electron chi connectivity index (χ2n) is 9.11. The molecule has 0 aliphatic carbocycles. The molecule has 7 nitrogen and oxygen atoms in total. The van der Waals surface area contributed by atoms with Gasteiger partial charge in [-0.05, 0) is 62.1 Å². The van der Waals surface area contributed by atoms with Crippen LogP contribution in [-0.2, 0) is 7.05 Å². The standard InChI is InChI=1S/C25H24F3N5O2/c1-15-3-8-21-22(30-15)23(19(13-29)24(34)31(21)2)32-11-10-20-16(14-32)9-12-33(20)17-4-6-18(7-5-17)35-25(26,27)28/h3-8,16,20H,9-12,14H2,1-2H3/t16-,20+/m1/s1. The average Bonchev–Trinajstić information content (AvgIpc) is 3.24. The number of ether oxygens (including phenoxy) is 1. The summed E-state index contributed by atoms with van der Waals surface area (Å²) in [5, 5.41) is 9.85. The van der Waals surface area contributed by atoms with Crippen molar-refractivity contribution in [3.8, 4) is 11.8 Å². The summed E-state index contributed by atoms with van der Waals surface area (Å²) in [5.41, 5.74) is 3.36. The van der Waals surface area contributed by atoms with Crippen molar-refractivity contribution in [3.05, 3.63) is 58.0 Å². The van der Waals surface area contributed by atoms with E-state index in [-0.39, 0.29) is 28.8 Å². The molecule has 35 heavy (non-hydrogen) atoms. The van der Waals surface area contributed by atoms with Crippen molar-refractivity contribution in [2.75, 3.05) is 29.4 Å². The number of hydrogen-bond donors (Lipinski definition) is 0. The number of aryl methyl sites for hydroxylation is 2. The third kappa shape index (κ3) is 4.16. The summed E-state index contributed by atoms with van der Waals surface area (Å²) in [4.78, 5) is 22.0. The number of hydrogen-bond acceptors (Lipinski definition) is 6. The van der Waals surface area contributed by atoms with Gasteiger partial charge in [-0.25, -0.2) is 4.98 Å². The van der Waals surface area contributed by atoms with Crippen molar-refractivity contribution < 1.29 is 17.9 Å². The zero-order chi connectivity index (χ0) is 24.9. The van der Waals surface area contributed by atoms with Crippen LogP contribution in [0.3, 0.4) is 0 Å². The highest BCUT2D eigenvalue weighted by atomic mass is 19.4. The number of nitriles is 1. The molecule has 2 atom stereocenters. The van der Waals surface area contributed by atoms with Crippen LogP contribution in [0.25, 0.3) is 11.0 Å². The first-order valence-electron chi connectivity index (χ1n) is 11.4. The molecule has 0 spiro atoms. The van der Waals surface area contributed by atoms with Gasteiger partial charge in [-0.15, -0.1) is 13.2 Å². The molecule has 2 aliphatic heterocycles. The highest BCUT2D eigenvalue weighted by molar-refractivity contribution is 5.91. The Labute approximate surface area is 200 Å². The molecule has 3 aromatic rings. The van der Waals surface area contributed by atoms with Gasteiger partial charge in [-0.2, -0.15) is 5.26 Å². The maximum Gasteiger partial charge on any atom is 0.573 e. The van der Waals surface area contributed by atoms with Gasteiger partial charge in [0.1, 0.15) is 22.9 Å². The number of halogens is 3. The van der Waals surface area contributed by atoms with Crippen molar-refractivity contribution in [2.45, 2.75) is 32.2 Å². The number of rotatable bonds is 3. The fraction of sp³-hybridized carbons (Fsp3) is 0.400. The highest BCUT2D eigenvalue weighted by Crippen LogP contribution is 2.39. The largest absolute Gasteiger partial charge is 0.573 e. The van der Waals surface area contributed by atoms with E-state index in [1.54, 1.807) is 19.2 Å². The Hall–Kier alpha value is -3.74. The van der Waals surface area contributed by atoms with Crippen LogP contribution in [0.1, 0.15) is 24.1 Å². The molecule has 2 fully saturated rings. The monoisotopic (exact) mass is 483 g/mol. The molecule has 0 N–H and O–H groups in total. The number of nitrogens with zero attached hydrogens (tertiary/aromatic N) is 5. The van der Waals surface area contributed by atoms with Crippen molar-refractivity contribution in [2.24, 2.45) is 13.0 Å². The van der Waals surface area contributed by atoms with Crippen LogP contribution in [0, 0.1) is 24.2 Å². The molecular weight excluding hydrogens is 459 g/mol. The van der Waals surface area contributed by atoms with Crippen LogP contribution in [0.5, 0.6) is 5.75 Å². The van der Waals surface area contributed by atoms with Crippen molar-refractivity contribution in [1.29, 1.82) is 5.26 Å². The molecule has 2 saturated heterocycles. The lowest BCUT2D eigenvalue weighted by Crippen LogP contribution is -2.47. The number of alkyl halides is 3. The lowest BCUT2D eigenvalue weighted by Gasteiger charge is -2.40. The molecule has 0 amide bonds. The summed E-state index contributed by atoms with van der Waals surface area (Å²) < 4.78 is 42.9. The van der Waals surface area contributed by atoms with Gasteiger partial charge < -0.3 is 19.1 Å². The minimum Gasteiger partial charge on any atom is -0.406 e. The number of anilines is 2. The van der Waals surface area contributed by atoms with E-state index in [9.17, 15) is 23.2 Å². The van der Waals surface area contributed by atoms with Crippen LogP contribution in [0.4, 0.5) is 24.5 Å². The van der Waals surface area contributed by atoms with Gasteiger partial charge >= 0.3 is 6.36 Å². The summed E-state index contributed by atoms with van der Waals surface area (Å²) in [6.07, 6.45) is -3.02. The van der Waals surface area contributed by atoms with Crippen LogP contribution in [-0.4, -0.2) is 41.6 Å². The molecule has 0 bridgehead atoms. The molecule has 182 valence electrons. The second-order valence-corrected chi connectivity index (χ2v) is 9.11. The molecule has 2 aromatic heterocycles. The summed E-state index contributed by atoms with van der Waals surface area (Å²) in [6.45, 7) is 3.97. The van der Waals surface area contributed by atoms with Crippen molar-refractivity contribution >= 4 is 22.4 Å². The first-order valence-corrected chi connectivity index (χ1v) is 11.4. The van der Waals surface area contributed by atoms with Gasteiger partial charge in [-0.1, -0.05) is 0 Å². The van der Waals surface area contributed by atoms with Gasteiger partial charge in [-0.3, -0.25) is 4.79 Å². The van der Waals surface area contributed by atoms with Gasteiger partial charge in [0, 0.05) is 44.1 Å². The van der Waals surface area contributed by atoms with Crippen LogP contribution in [0.2, 0.25) is 0 Å². The van der Waals surface area contributed by atoms with Gasteiger partial charge in [0.15, 0.2) is 0 Å². The number of benzene rings is 1. The van der Waals surface area contributed by atoms with Crippen molar-refractivity contribution in [1.82, 2.24) is 9.55 Å². The van der Waals surface area contributed by atoms with E-state index in [0.717, 1.165) is 30.8 Å². The average molecular weight is 483 g/mol. The Bertz CT molecular complexity index is 1380. The zero-order valence-corrected chi connectivity index (χ0v) is 19.3. The summed E-state index contributed by atoms with van der Waals surface area (Å²) in [5.74, 6) is 0.0430. The number of pyridine rings is 2. The number of fused-ring (bicyclic) bond motifs is 2. The quantitative estimate of drug-likeness (QED) is 0.558.